The first-order valence-electron chi connectivity index (χ1n) is 14.0. The SMILES string of the molecule is CNC(=O)Cn1cc(-c2ccc3c(c2)CCC32NC(=O)N(CC(=O)N3Cc4ccc(F)cc4CC[C@H]3C(F)(F)F)C2=O)cn1. The Labute approximate surface area is 249 Å². The summed E-state index contributed by atoms with van der Waals surface area (Å²) in [5, 5.41) is 9.43. The number of carbonyl (C=O) groups excluding carboxylic acids is 4. The number of amides is 5. The Morgan fingerprint density at radius 3 is 2.59 bits per heavy atom. The lowest BCUT2D eigenvalue weighted by atomic mass is 9.90. The van der Waals surface area contributed by atoms with Crippen molar-refractivity contribution in [1.82, 2.24) is 30.2 Å². The number of imide groups is 1. The number of urea groups is 1. The van der Waals surface area contributed by atoms with Crippen LogP contribution >= 0.6 is 0 Å². The fourth-order valence-corrected chi connectivity index (χ4v) is 6.35. The summed E-state index contributed by atoms with van der Waals surface area (Å²) in [6, 6.07) is 5.94. The maximum atomic E-state index is 14.1. The molecular formula is C30H28F4N6O4. The number of hydrogen-bond donors (Lipinski definition) is 2. The quantitative estimate of drug-likeness (QED) is 0.340. The Bertz CT molecular complexity index is 1690. The Morgan fingerprint density at radius 1 is 1.05 bits per heavy atom. The van der Waals surface area contributed by atoms with E-state index in [0.29, 0.717) is 32.9 Å². The standard InChI is InChI=1S/C30H28F4N6O4/c1-35-25(41)15-38-13-21(12-36-38)17-3-6-23-19(10-17)8-9-29(23)27(43)40(28(44)37-29)16-26(42)39-14-20-2-5-22(31)11-18(20)4-7-24(39)30(32,33)34/h2-3,5-6,10-13,24H,4,7-9,14-16H2,1H3,(H,35,41)(H,37,44)/t24-,29?/m0/s1. The monoisotopic (exact) mass is 612 g/mol. The Hall–Kier alpha value is -4.75. The fourth-order valence-electron chi connectivity index (χ4n) is 6.35. The molecule has 2 N–H and O–H groups in total. The van der Waals surface area contributed by atoms with Crippen LogP contribution in [0.2, 0.25) is 0 Å². The van der Waals surface area contributed by atoms with Gasteiger partial charge in [-0.05, 0) is 65.6 Å². The Balaban J connectivity index is 1.23. The van der Waals surface area contributed by atoms with Crippen molar-refractivity contribution >= 4 is 23.8 Å². The molecule has 1 aromatic heterocycles. The lowest BCUT2D eigenvalue weighted by Crippen LogP contribution is -2.52. The minimum atomic E-state index is -4.77. The van der Waals surface area contributed by atoms with E-state index < -0.39 is 60.9 Å². The van der Waals surface area contributed by atoms with Crippen LogP contribution in [0.5, 0.6) is 0 Å². The second kappa shape index (κ2) is 10.8. The van der Waals surface area contributed by atoms with Crippen molar-refractivity contribution in [3.05, 3.63) is 76.9 Å². The van der Waals surface area contributed by atoms with Crippen molar-refractivity contribution in [3.8, 4) is 11.1 Å². The van der Waals surface area contributed by atoms with E-state index in [-0.39, 0.29) is 25.3 Å². The van der Waals surface area contributed by atoms with Gasteiger partial charge in [0, 0.05) is 25.4 Å². The number of halogens is 4. The summed E-state index contributed by atoms with van der Waals surface area (Å²) >= 11 is 0. The third kappa shape index (κ3) is 5.07. The van der Waals surface area contributed by atoms with E-state index >= 15 is 0 Å². The van der Waals surface area contributed by atoms with Crippen molar-refractivity contribution < 1.29 is 36.7 Å². The molecule has 1 unspecified atom stereocenters. The molecule has 6 rings (SSSR count). The highest BCUT2D eigenvalue weighted by Gasteiger charge is 2.56. The van der Waals surface area contributed by atoms with Crippen LogP contribution in [0.25, 0.3) is 11.1 Å². The van der Waals surface area contributed by atoms with Gasteiger partial charge >= 0.3 is 12.2 Å². The molecule has 10 nitrogen and oxygen atoms in total. The topological polar surface area (TPSA) is 117 Å². The lowest BCUT2D eigenvalue weighted by molar-refractivity contribution is -0.192. The highest BCUT2D eigenvalue weighted by atomic mass is 19.4. The van der Waals surface area contributed by atoms with E-state index in [1.54, 1.807) is 24.5 Å². The molecule has 3 heterocycles. The first-order chi connectivity index (χ1) is 20.9. The number of likely N-dealkylation sites (N-methyl/N-ethyl adjacent to an activating group) is 1. The summed E-state index contributed by atoms with van der Waals surface area (Å²) in [6.07, 6.45) is -1.36. The molecule has 1 spiro atoms. The number of aromatic nitrogens is 2. The molecule has 0 radical (unpaired) electrons. The molecular weight excluding hydrogens is 584 g/mol. The number of benzene rings is 2. The predicted octanol–water partition coefficient (Wildman–Crippen LogP) is 3.03. The van der Waals surface area contributed by atoms with Gasteiger partial charge in [-0.2, -0.15) is 18.3 Å². The number of fused-ring (bicyclic) bond motifs is 3. The normalized spacial score (nSPS) is 21.2. The molecule has 0 bridgehead atoms. The summed E-state index contributed by atoms with van der Waals surface area (Å²) in [5.74, 6) is -2.54. The zero-order valence-corrected chi connectivity index (χ0v) is 23.6. The van der Waals surface area contributed by atoms with Crippen LogP contribution in [0.1, 0.15) is 35.1 Å². The smallest absolute Gasteiger partial charge is 0.358 e. The van der Waals surface area contributed by atoms with Gasteiger partial charge in [0.25, 0.3) is 5.91 Å². The average Bonchev–Trinajstić information content (AvgIpc) is 3.60. The van der Waals surface area contributed by atoms with E-state index in [1.165, 1.54) is 17.8 Å². The van der Waals surface area contributed by atoms with E-state index in [0.717, 1.165) is 28.8 Å². The molecule has 3 aliphatic rings. The zero-order valence-electron chi connectivity index (χ0n) is 23.6. The fraction of sp³-hybridized carbons (Fsp3) is 0.367. The van der Waals surface area contributed by atoms with Gasteiger partial charge in [-0.1, -0.05) is 24.3 Å². The maximum absolute atomic E-state index is 14.1. The van der Waals surface area contributed by atoms with Gasteiger partial charge in [-0.15, -0.1) is 0 Å². The number of nitrogens with one attached hydrogen (secondary N) is 2. The van der Waals surface area contributed by atoms with Crippen LogP contribution < -0.4 is 10.6 Å². The van der Waals surface area contributed by atoms with E-state index in [4.69, 9.17) is 0 Å². The minimum Gasteiger partial charge on any atom is -0.358 e. The third-order valence-electron chi connectivity index (χ3n) is 8.63. The number of hydrogen-bond acceptors (Lipinski definition) is 5. The van der Waals surface area contributed by atoms with E-state index in [1.807, 2.05) is 6.07 Å². The molecule has 5 amide bonds. The van der Waals surface area contributed by atoms with Crippen molar-refractivity contribution in [2.45, 2.75) is 56.5 Å². The van der Waals surface area contributed by atoms with Crippen LogP contribution in [-0.4, -0.2) is 69.1 Å². The summed E-state index contributed by atoms with van der Waals surface area (Å²) in [4.78, 5) is 53.2. The molecule has 2 aliphatic heterocycles. The Kier molecular flexibility index (Phi) is 7.17. The van der Waals surface area contributed by atoms with Crippen molar-refractivity contribution in [2.24, 2.45) is 0 Å². The van der Waals surface area contributed by atoms with Crippen LogP contribution in [0.4, 0.5) is 22.4 Å². The highest BCUT2D eigenvalue weighted by molar-refractivity contribution is 6.10. The van der Waals surface area contributed by atoms with Crippen molar-refractivity contribution in [2.75, 3.05) is 13.6 Å². The first-order valence-corrected chi connectivity index (χ1v) is 14.0. The molecule has 2 aromatic carbocycles. The molecule has 1 fully saturated rings. The van der Waals surface area contributed by atoms with Gasteiger partial charge in [0.2, 0.25) is 11.8 Å². The highest BCUT2D eigenvalue weighted by Crippen LogP contribution is 2.43. The molecule has 1 aliphatic carbocycles. The third-order valence-corrected chi connectivity index (χ3v) is 8.63. The maximum Gasteiger partial charge on any atom is 0.408 e. The van der Waals surface area contributed by atoms with E-state index in [2.05, 4.69) is 15.7 Å². The van der Waals surface area contributed by atoms with Crippen LogP contribution in [0.3, 0.4) is 0 Å². The van der Waals surface area contributed by atoms with Crippen molar-refractivity contribution in [1.29, 1.82) is 0 Å². The molecule has 3 aromatic rings. The van der Waals surface area contributed by atoms with Gasteiger partial charge in [0.1, 0.15) is 30.5 Å². The van der Waals surface area contributed by atoms with Crippen LogP contribution in [-0.2, 0) is 45.9 Å². The van der Waals surface area contributed by atoms with Crippen LogP contribution in [0, 0.1) is 5.82 Å². The largest absolute Gasteiger partial charge is 0.408 e. The summed E-state index contributed by atoms with van der Waals surface area (Å²) < 4.78 is 57.5. The second-order valence-electron chi connectivity index (χ2n) is 11.2. The summed E-state index contributed by atoms with van der Waals surface area (Å²) in [7, 11) is 1.53. The number of nitrogens with zero attached hydrogens (tertiary/aromatic N) is 4. The number of aryl methyl sites for hydroxylation is 2. The number of alkyl halides is 3. The number of carbonyl (C=O) groups is 4. The molecule has 44 heavy (non-hydrogen) atoms. The van der Waals surface area contributed by atoms with Gasteiger partial charge in [-0.3, -0.25) is 24.0 Å². The minimum absolute atomic E-state index is 0.0475. The molecule has 0 saturated carbocycles. The Morgan fingerprint density at radius 2 is 1.84 bits per heavy atom. The lowest BCUT2D eigenvalue weighted by Gasteiger charge is -2.32. The molecule has 2 atom stereocenters. The molecule has 230 valence electrons. The van der Waals surface area contributed by atoms with Crippen molar-refractivity contribution in [3.63, 3.8) is 0 Å². The summed E-state index contributed by atoms with van der Waals surface area (Å²) in [5.41, 5.74) is 2.17. The molecule has 14 heteroatoms. The summed E-state index contributed by atoms with van der Waals surface area (Å²) in [6.45, 7) is -1.25. The van der Waals surface area contributed by atoms with Gasteiger partial charge in [-0.25, -0.2) is 9.18 Å². The predicted molar refractivity (Wildman–Crippen MR) is 147 cm³/mol. The zero-order chi connectivity index (χ0) is 31.4. The van der Waals surface area contributed by atoms with Gasteiger partial charge in [0.15, 0.2) is 0 Å². The second-order valence-corrected chi connectivity index (χ2v) is 11.2. The van der Waals surface area contributed by atoms with Gasteiger partial charge in [0.05, 0.1) is 6.20 Å². The average molecular weight is 613 g/mol. The first kappa shape index (κ1) is 29.3. The molecule has 1 saturated heterocycles. The number of rotatable bonds is 5. The van der Waals surface area contributed by atoms with Crippen LogP contribution in [0.15, 0.2) is 48.8 Å². The van der Waals surface area contributed by atoms with Gasteiger partial charge < -0.3 is 15.5 Å². The van der Waals surface area contributed by atoms with E-state index in [9.17, 15) is 36.7 Å².